The molecule has 2 aliphatic rings. The lowest BCUT2D eigenvalue weighted by Crippen LogP contribution is -2.46. The highest BCUT2D eigenvalue weighted by atomic mass is 15.6. The van der Waals surface area contributed by atoms with Crippen molar-refractivity contribution in [1.82, 2.24) is 30.1 Å². The molecule has 2 fully saturated rings. The van der Waals surface area contributed by atoms with Crippen LogP contribution in [0.2, 0.25) is 0 Å². The van der Waals surface area contributed by atoms with Crippen molar-refractivity contribution in [3.63, 3.8) is 0 Å². The average molecular weight is 285 g/mol. The van der Waals surface area contributed by atoms with Gasteiger partial charge in [0.2, 0.25) is 0 Å². The van der Waals surface area contributed by atoms with Crippen molar-refractivity contribution in [1.29, 1.82) is 0 Å². The van der Waals surface area contributed by atoms with Crippen LogP contribution < -0.4 is 4.90 Å². The summed E-state index contributed by atoms with van der Waals surface area (Å²) in [7, 11) is 0. The zero-order chi connectivity index (χ0) is 14.1. The first-order valence-corrected chi connectivity index (χ1v) is 7.55. The number of nitrogens with zero attached hydrogens (tertiary/aromatic N) is 7. The minimum atomic E-state index is 0.546. The number of tetrazole rings is 1. The SMILES string of the molecule is c1ccc(N2CCN(Cc3nnnn3C3CC3)CC2)nc1. The first-order chi connectivity index (χ1) is 10.4. The number of rotatable bonds is 4. The molecule has 7 heteroatoms. The second-order valence-corrected chi connectivity index (χ2v) is 5.72. The van der Waals surface area contributed by atoms with E-state index in [1.807, 2.05) is 23.0 Å². The van der Waals surface area contributed by atoms with Gasteiger partial charge in [-0.1, -0.05) is 6.07 Å². The molecule has 0 amide bonds. The standard InChI is InChI=1S/C14H19N7/c1-2-6-15-13(3-1)20-9-7-19(8-10-20)11-14-16-17-18-21(14)12-4-5-12/h1-3,6,12H,4-5,7-11H2. The van der Waals surface area contributed by atoms with Crippen LogP contribution in [0.25, 0.3) is 0 Å². The molecule has 2 aromatic rings. The van der Waals surface area contributed by atoms with Crippen LogP contribution in [0.5, 0.6) is 0 Å². The summed E-state index contributed by atoms with van der Waals surface area (Å²) in [5, 5.41) is 12.1. The zero-order valence-corrected chi connectivity index (χ0v) is 12.0. The molecule has 1 saturated carbocycles. The van der Waals surface area contributed by atoms with Crippen LogP contribution in [0.1, 0.15) is 24.7 Å². The molecule has 3 heterocycles. The molecular weight excluding hydrogens is 266 g/mol. The minimum Gasteiger partial charge on any atom is -0.354 e. The number of aromatic nitrogens is 5. The molecule has 1 saturated heterocycles. The summed E-state index contributed by atoms with van der Waals surface area (Å²) in [6.45, 7) is 4.89. The maximum absolute atomic E-state index is 4.42. The van der Waals surface area contributed by atoms with Crippen LogP contribution in [-0.2, 0) is 6.54 Å². The number of hydrogen-bond donors (Lipinski definition) is 0. The topological polar surface area (TPSA) is 63.0 Å². The van der Waals surface area contributed by atoms with Gasteiger partial charge in [-0.3, -0.25) is 4.90 Å². The Labute approximate surface area is 123 Å². The maximum Gasteiger partial charge on any atom is 0.165 e. The molecule has 4 rings (SSSR count). The summed E-state index contributed by atoms with van der Waals surface area (Å²) in [4.78, 5) is 9.17. The average Bonchev–Trinajstić information content (AvgIpc) is 3.29. The van der Waals surface area contributed by atoms with Gasteiger partial charge >= 0.3 is 0 Å². The summed E-state index contributed by atoms with van der Waals surface area (Å²) in [5.74, 6) is 2.07. The summed E-state index contributed by atoms with van der Waals surface area (Å²) in [6, 6.07) is 6.61. The van der Waals surface area contributed by atoms with E-state index in [0.717, 1.165) is 44.4 Å². The normalized spacial score (nSPS) is 19.9. The van der Waals surface area contributed by atoms with Crippen molar-refractivity contribution in [3.05, 3.63) is 30.2 Å². The van der Waals surface area contributed by atoms with Crippen molar-refractivity contribution >= 4 is 5.82 Å². The largest absolute Gasteiger partial charge is 0.354 e. The van der Waals surface area contributed by atoms with Gasteiger partial charge in [0.05, 0.1) is 12.6 Å². The Morgan fingerprint density at radius 1 is 1.10 bits per heavy atom. The number of hydrogen-bond acceptors (Lipinski definition) is 6. The van der Waals surface area contributed by atoms with E-state index in [0.29, 0.717) is 6.04 Å². The van der Waals surface area contributed by atoms with Gasteiger partial charge in [-0.05, 0) is 35.4 Å². The van der Waals surface area contributed by atoms with Crippen LogP contribution in [-0.4, -0.2) is 56.3 Å². The third kappa shape index (κ3) is 2.73. The van der Waals surface area contributed by atoms with Crippen molar-refractivity contribution in [2.45, 2.75) is 25.4 Å². The van der Waals surface area contributed by atoms with E-state index in [2.05, 4.69) is 36.4 Å². The Balaban J connectivity index is 1.36. The molecule has 0 N–H and O–H groups in total. The predicted molar refractivity (Wildman–Crippen MR) is 77.8 cm³/mol. The van der Waals surface area contributed by atoms with Crippen molar-refractivity contribution in [2.75, 3.05) is 31.1 Å². The second kappa shape index (κ2) is 5.40. The fourth-order valence-electron chi connectivity index (χ4n) is 2.80. The smallest absolute Gasteiger partial charge is 0.165 e. The van der Waals surface area contributed by atoms with Gasteiger partial charge in [0.1, 0.15) is 5.82 Å². The van der Waals surface area contributed by atoms with Crippen LogP contribution in [0.4, 0.5) is 5.82 Å². The van der Waals surface area contributed by atoms with Crippen LogP contribution >= 0.6 is 0 Å². The van der Waals surface area contributed by atoms with Crippen molar-refractivity contribution in [3.8, 4) is 0 Å². The molecule has 7 nitrogen and oxygen atoms in total. The Kier molecular flexibility index (Phi) is 3.27. The van der Waals surface area contributed by atoms with E-state index in [1.54, 1.807) is 0 Å². The first kappa shape index (κ1) is 12.7. The van der Waals surface area contributed by atoms with Crippen LogP contribution in [0.15, 0.2) is 24.4 Å². The van der Waals surface area contributed by atoms with E-state index in [1.165, 1.54) is 12.8 Å². The molecule has 0 radical (unpaired) electrons. The van der Waals surface area contributed by atoms with Gasteiger partial charge in [-0.25, -0.2) is 9.67 Å². The molecule has 1 aliphatic carbocycles. The highest BCUT2D eigenvalue weighted by molar-refractivity contribution is 5.38. The monoisotopic (exact) mass is 285 g/mol. The fraction of sp³-hybridized carbons (Fsp3) is 0.571. The third-order valence-corrected chi connectivity index (χ3v) is 4.16. The van der Waals surface area contributed by atoms with Gasteiger partial charge in [0, 0.05) is 32.4 Å². The molecular formula is C14H19N7. The lowest BCUT2D eigenvalue weighted by molar-refractivity contribution is 0.238. The molecule has 0 bridgehead atoms. The Morgan fingerprint density at radius 3 is 2.67 bits per heavy atom. The molecule has 0 spiro atoms. The summed E-state index contributed by atoms with van der Waals surface area (Å²) >= 11 is 0. The number of piperazine rings is 1. The third-order valence-electron chi connectivity index (χ3n) is 4.16. The fourth-order valence-corrected chi connectivity index (χ4v) is 2.80. The van der Waals surface area contributed by atoms with E-state index in [4.69, 9.17) is 0 Å². The summed E-state index contributed by atoms with van der Waals surface area (Å²) in [6.07, 6.45) is 4.28. The summed E-state index contributed by atoms with van der Waals surface area (Å²) in [5.41, 5.74) is 0. The van der Waals surface area contributed by atoms with Gasteiger partial charge in [-0.2, -0.15) is 0 Å². The Bertz CT molecular complexity index is 584. The first-order valence-electron chi connectivity index (χ1n) is 7.55. The molecule has 0 aromatic carbocycles. The second-order valence-electron chi connectivity index (χ2n) is 5.72. The van der Waals surface area contributed by atoms with Crippen molar-refractivity contribution < 1.29 is 0 Å². The van der Waals surface area contributed by atoms with Gasteiger partial charge in [0.15, 0.2) is 5.82 Å². The predicted octanol–water partition coefficient (Wildman–Crippen LogP) is 0.725. The highest BCUT2D eigenvalue weighted by Gasteiger charge is 2.28. The maximum atomic E-state index is 4.42. The minimum absolute atomic E-state index is 0.546. The lowest BCUT2D eigenvalue weighted by atomic mass is 10.3. The molecule has 0 atom stereocenters. The Hall–Kier alpha value is -2.02. The molecule has 0 unspecified atom stereocenters. The van der Waals surface area contributed by atoms with Crippen LogP contribution in [0, 0.1) is 0 Å². The van der Waals surface area contributed by atoms with E-state index >= 15 is 0 Å². The van der Waals surface area contributed by atoms with Gasteiger partial charge in [-0.15, -0.1) is 5.10 Å². The van der Waals surface area contributed by atoms with Crippen molar-refractivity contribution in [2.24, 2.45) is 0 Å². The van der Waals surface area contributed by atoms with E-state index < -0.39 is 0 Å². The Morgan fingerprint density at radius 2 is 1.95 bits per heavy atom. The number of anilines is 1. The lowest BCUT2D eigenvalue weighted by Gasteiger charge is -2.35. The molecule has 2 aromatic heterocycles. The molecule has 21 heavy (non-hydrogen) atoms. The van der Waals surface area contributed by atoms with Gasteiger partial charge in [0.25, 0.3) is 0 Å². The zero-order valence-electron chi connectivity index (χ0n) is 12.0. The van der Waals surface area contributed by atoms with Crippen LogP contribution in [0.3, 0.4) is 0 Å². The van der Waals surface area contributed by atoms with E-state index in [9.17, 15) is 0 Å². The molecule has 1 aliphatic heterocycles. The quantitative estimate of drug-likeness (QED) is 0.825. The summed E-state index contributed by atoms with van der Waals surface area (Å²) < 4.78 is 2.01. The number of pyridine rings is 1. The van der Waals surface area contributed by atoms with E-state index in [-0.39, 0.29) is 0 Å². The highest BCUT2D eigenvalue weighted by Crippen LogP contribution is 2.34. The molecule has 110 valence electrons. The van der Waals surface area contributed by atoms with Gasteiger partial charge < -0.3 is 4.90 Å².